The molecular formula is C22H25Cl2N3O2S. The van der Waals surface area contributed by atoms with Gasteiger partial charge in [-0.15, -0.1) is 36.2 Å². The lowest BCUT2D eigenvalue weighted by Gasteiger charge is -2.30. The van der Waals surface area contributed by atoms with Crippen molar-refractivity contribution in [1.29, 1.82) is 0 Å². The van der Waals surface area contributed by atoms with Crippen molar-refractivity contribution in [2.24, 2.45) is 0 Å². The number of anilines is 2. The van der Waals surface area contributed by atoms with Crippen LogP contribution in [0.15, 0.2) is 47.8 Å². The van der Waals surface area contributed by atoms with Gasteiger partial charge in [-0.1, -0.05) is 6.07 Å². The van der Waals surface area contributed by atoms with E-state index in [9.17, 15) is 4.79 Å². The summed E-state index contributed by atoms with van der Waals surface area (Å²) < 4.78 is 5.48. The van der Waals surface area contributed by atoms with Crippen LogP contribution in [-0.4, -0.2) is 24.0 Å². The van der Waals surface area contributed by atoms with Gasteiger partial charge in [0.1, 0.15) is 10.8 Å². The van der Waals surface area contributed by atoms with Crippen LogP contribution in [0.5, 0.6) is 5.75 Å². The van der Waals surface area contributed by atoms with E-state index in [-0.39, 0.29) is 30.7 Å². The number of hydrogen-bond donors (Lipinski definition) is 1. The van der Waals surface area contributed by atoms with E-state index < -0.39 is 0 Å². The quantitative estimate of drug-likeness (QED) is 0.528. The highest BCUT2D eigenvalue weighted by Crippen LogP contribution is 2.32. The molecule has 160 valence electrons. The van der Waals surface area contributed by atoms with Crippen molar-refractivity contribution < 1.29 is 9.53 Å². The van der Waals surface area contributed by atoms with Crippen LogP contribution in [0, 0.1) is 0 Å². The predicted molar refractivity (Wildman–Crippen MR) is 128 cm³/mol. The van der Waals surface area contributed by atoms with E-state index in [1.165, 1.54) is 0 Å². The van der Waals surface area contributed by atoms with Crippen molar-refractivity contribution in [2.45, 2.75) is 26.2 Å². The number of benzene rings is 2. The number of aromatic nitrogens is 1. The summed E-state index contributed by atoms with van der Waals surface area (Å²) in [6.45, 7) is 3.34. The molecule has 5 nitrogen and oxygen atoms in total. The number of halogens is 2. The summed E-state index contributed by atoms with van der Waals surface area (Å²) >= 11 is 1.56. The average molecular weight is 466 g/mol. The second-order valence-electron chi connectivity index (χ2n) is 6.77. The molecule has 2 N–H and O–H groups in total. The fourth-order valence-corrected chi connectivity index (χ4v) is 4.37. The smallest absolute Gasteiger partial charge is 0.233 e. The maximum atomic E-state index is 12.9. The van der Waals surface area contributed by atoms with Crippen molar-refractivity contribution in [3.05, 3.63) is 59.1 Å². The molecule has 0 aliphatic carbocycles. The predicted octanol–water partition coefficient (Wildman–Crippen LogP) is 5.16. The molecule has 0 fully saturated rings. The van der Waals surface area contributed by atoms with E-state index in [0.717, 1.165) is 58.3 Å². The fourth-order valence-electron chi connectivity index (χ4n) is 3.54. The first-order chi connectivity index (χ1) is 13.7. The molecule has 1 aliphatic rings. The number of rotatable bonds is 5. The molecule has 0 bridgehead atoms. The summed E-state index contributed by atoms with van der Waals surface area (Å²) in [6.07, 6.45) is 2.15. The lowest BCUT2D eigenvalue weighted by Crippen LogP contribution is -2.36. The Balaban J connectivity index is 0.00000160. The molecule has 1 aliphatic heterocycles. The molecule has 0 atom stereocenters. The monoisotopic (exact) mass is 465 g/mol. The largest absolute Gasteiger partial charge is 0.494 e. The zero-order chi connectivity index (χ0) is 19.5. The van der Waals surface area contributed by atoms with Gasteiger partial charge in [-0.3, -0.25) is 4.79 Å². The normalized spacial score (nSPS) is 12.4. The average Bonchev–Trinajstić information content (AvgIpc) is 3.17. The van der Waals surface area contributed by atoms with Crippen molar-refractivity contribution in [3.63, 3.8) is 0 Å². The third kappa shape index (κ3) is 5.06. The summed E-state index contributed by atoms with van der Waals surface area (Å²) in [5.74, 6) is 0.913. The van der Waals surface area contributed by atoms with Crippen LogP contribution in [0.4, 0.5) is 11.4 Å². The van der Waals surface area contributed by atoms with Gasteiger partial charge in [0.25, 0.3) is 0 Å². The SMILES string of the molecule is CCOc1ccc(-c2nc(CC(=O)N3CCCc4c(N)cccc43)cs2)cc1.Cl.Cl. The van der Waals surface area contributed by atoms with Gasteiger partial charge < -0.3 is 15.4 Å². The van der Waals surface area contributed by atoms with Gasteiger partial charge in [-0.05, 0) is 61.7 Å². The van der Waals surface area contributed by atoms with Crippen LogP contribution in [-0.2, 0) is 17.6 Å². The number of fused-ring (bicyclic) bond motifs is 1. The van der Waals surface area contributed by atoms with Gasteiger partial charge in [-0.2, -0.15) is 0 Å². The van der Waals surface area contributed by atoms with E-state index in [2.05, 4.69) is 4.98 Å². The molecule has 2 heterocycles. The van der Waals surface area contributed by atoms with Gasteiger partial charge in [0.15, 0.2) is 0 Å². The summed E-state index contributed by atoms with van der Waals surface area (Å²) in [4.78, 5) is 19.5. The van der Waals surface area contributed by atoms with E-state index in [0.29, 0.717) is 13.0 Å². The molecule has 3 aromatic rings. The Bertz CT molecular complexity index is 992. The van der Waals surface area contributed by atoms with Gasteiger partial charge in [-0.25, -0.2) is 4.98 Å². The van der Waals surface area contributed by atoms with Crippen molar-refractivity contribution in [2.75, 3.05) is 23.8 Å². The highest BCUT2D eigenvalue weighted by molar-refractivity contribution is 7.13. The minimum absolute atomic E-state index is 0. The summed E-state index contributed by atoms with van der Waals surface area (Å²) in [7, 11) is 0. The highest BCUT2D eigenvalue weighted by Gasteiger charge is 2.24. The van der Waals surface area contributed by atoms with E-state index in [1.54, 1.807) is 11.3 Å². The molecule has 0 spiro atoms. The number of ether oxygens (including phenoxy) is 1. The van der Waals surface area contributed by atoms with Gasteiger partial charge in [0, 0.05) is 28.9 Å². The Kier molecular flexibility index (Phi) is 8.53. The van der Waals surface area contributed by atoms with E-state index in [1.807, 2.05) is 59.7 Å². The summed E-state index contributed by atoms with van der Waals surface area (Å²) in [5, 5.41) is 2.88. The maximum Gasteiger partial charge on any atom is 0.233 e. The Morgan fingerprint density at radius 2 is 1.97 bits per heavy atom. The Labute approximate surface area is 193 Å². The lowest BCUT2D eigenvalue weighted by molar-refractivity contribution is -0.118. The van der Waals surface area contributed by atoms with Crippen molar-refractivity contribution >= 4 is 53.4 Å². The molecular weight excluding hydrogens is 441 g/mol. The number of nitrogens with zero attached hydrogens (tertiary/aromatic N) is 2. The number of thiazole rings is 1. The number of amides is 1. The summed E-state index contributed by atoms with van der Waals surface area (Å²) in [6, 6.07) is 13.7. The molecule has 0 radical (unpaired) electrons. The molecule has 0 unspecified atom stereocenters. The lowest BCUT2D eigenvalue weighted by atomic mass is 9.99. The van der Waals surface area contributed by atoms with Crippen molar-refractivity contribution in [1.82, 2.24) is 4.98 Å². The zero-order valence-electron chi connectivity index (χ0n) is 16.7. The number of carbonyl (C=O) groups excluding carboxylic acids is 1. The van der Waals surface area contributed by atoms with Crippen LogP contribution in [0.2, 0.25) is 0 Å². The fraction of sp³-hybridized carbons (Fsp3) is 0.273. The van der Waals surface area contributed by atoms with Crippen LogP contribution in [0.1, 0.15) is 24.6 Å². The number of nitrogens with two attached hydrogens (primary N) is 1. The van der Waals surface area contributed by atoms with E-state index >= 15 is 0 Å². The molecule has 30 heavy (non-hydrogen) atoms. The van der Waals surface area contributed by atoms with E-state index in [4.69, 9.17) is 10.5 Å². The molecule has 4 rings (SSSR count). The minimum atomic E-state index is 0. The van der Waals surface area contributed by atoms with Crippen LogP contribution >= 0.6 is 36.2 Å². The molecule has 0 saturated heterocycles. The Morgan fingerprint density at radius 3 is 2.70 bits per heavy atom. The standard InChI is InChI=1S/C22H23N3O2S.2ClH/c1-2-27-17-10-8-15(9-11-17)22-24-16(14-28-22)13-21(26)25-12-4-5-18-19(23)6-3-7-20(18)25;;/h3,6-11,14H,2,4-5,12-13,23H2,1H3;2*1H. The first-order valence-electron chi connectivity index (χ1n) is 9.51. The maximum absolute atomic E-state index is 12.9. The Morgan fingerprint density at radius 1 is 1.20 bits per heavy atom. The third-order valence-electron chi connectivity index (χ3n) is 4.88. The number of nitrogen functional groups attached to an aromatic ring is 1. The second-order valence-corrected chi connectivity index (χ2v) is 7.63. The molecule has 0 saturated carbocycles. The number of hydrogen-bond acceptors (Lipinski definition) is 5. The topological polar surface area (TPSA) is 68.5 Å². The second kappa shape index (κ2) is 10.7. The third-order valence-corrected chi connectivity index (χ3v) is 5.82. The molecule has 1 amide bonds. The summed E-state index contributed by atoms with van der Waals surface area (Å²) in [5.41, 5.74) is 10.7. The first-order valence-corrected chi connectivity index (χ1v) is 10.4. The number of carbonyl (C=O) groups is 1. The van der Waals surface area contributed by atoms with Crippen molar-refractivity contribution in [3.8, 4) is 16.3 Å². The molecule has 1 aromatic heterocycles. The molecule has 8 heteroatoms. The molecule has 2 aromatic carbocycles. The van der Waals surface area contributed by atoms with Crippen LogP contribution in [0.25, 0.3) is 10.6 Å². The first kappa shape index (κ1) is 24.0. The zero-order valence-corrected chi connectivity index (χ0v) is 19.1. The van der Waals surface area contributed by atoms with Gasteiger partial charge in [0.2, 0.25) is 5.91 Å². The Hall–Kier alpha value is -2.28. The van der Waals surface area contributed by atoms with Crippen LogP contribution in [0.3, 0.4) is 0 Å². The van der Waals surface area contributed by atoms with Crippen LogP contribution < -0.4 is 15.4 Å². The van der Waals surface area contributed by atoms with Gasteiger partial charge >= 0.3 is 0 Å². The highest BCUT2D eigenvalue weighted by atomic mass is 35.5. The van der Waals surface area contributed by atoms with Gasteiger partial charge in [0.05, 0.1) is 18.7 Å². The minimum Gasteiger partial charge on any atom is -0.494 e.